The molecule has 0 aliphatic heterocycles. The number of hydrogen-bond acceptors (Lipinski definition) is 2. The molecule has 0 saturated carbocycles. The van der Waals surface area contributed by atoms with Crippen molar-refractivity contribution in [2.75, 3.05) is 0 Å². The Morgan fingerprint density at radius 2 is 2.50 bits per heavy atom. The molecule has 0 saturated heterocycles. The van der Waals surface area contributed by atoms with E-state index >= 15 is 0 Å². The number of nitrogens with zero attached hydrogens (tertiary/aromatic N) is 2. The normalized spacial score (nSPS) is 9.25. The molecule has 0 bridgehead atoms. The van der Waals surface area contributed by atoms with Gasteiger partial charge in [0.1, 0.15) is 17.5 Å². The number of aromatic nitrogens is 2. The van der Waals surface area contributed by atoms with Gasteiger partial charge in [-0.3, -0.25) is 0 Å². The summed E-state index contributed by atoms with van der Waals surface area (Å²) >= 11 is 5.15. The second-order valence-corrected chi connectivity index (χ2v) is 1.47. The second-order valence-electron chi connectivity index (χ2n) is 1.09. The molecule has 2 nitrogen and oxygen atoms in total. The van der Waals surface area contributed by atoms with Crippen LogP contribution in [0.1, 0.15) is 0 Å². The highest BCUT2D eigenvalue weighted by molar-refractivity contribution is 6.30. The Morgan fingerprint density at radius 1 is 1.75 bits per heavy atom. The van der Waals surface area contributed by atoms with Crippen LogP contribution in [0.3, 0.4) is 0 Å². The summed E-state index contributed by atoms with van der Waals surface area (Å²) in [5.74, 6) is -0.735. The lowest BCUT2D eigenvalue weighted by atomic mass is 10.7. The first-order chi connectivity index (χ1) is 3.80. The largest absolute Gasteiger partial charge is 0.235 e. The van der Waals surface area contributed by atoms with Crippen LogP contribution in [-0.2, 0) is 0 Å². The maximum atomic E-state index is 12.0. The lowest BCUT2D eigenvalue weighted by Gasteiger charge is -1.84. The molecule has 8 heavy (non-hydrogen) atoms. The molecule has 0 spiro atoms. The van der Waals surface area contributed by atoms with E-state index in [0.29, 0.717) is 0 Å². The monoisotopic (exact) mass is 131 g/mol. The summed E-state index contributed by atoms with van der Waals surface area (Å²) in [5.41, 5.74) is 0. The summed E-state index contributed by atoms with van der Waals surface area (Å²) in [4.78, 5) is 6.47. The third-order valence-electron chi connectivity index (χ3n) is 0.573. The Bertz CT molecular complexity index is 170. The van der Waals surface area contributed by atoms with Gasteiger partial charge in [0.05, 0.1) is 0 Å². The van der Waals surface area contributed by atoms with Gasteiger partial charge in [-0.2, -0.15) is 4.39 Å². The molecular weight excluding hydrogens is 131 g/mol. The average molecular weight is 132 g/mol. The molecule has 0 aliphatic carbocycles. The van der Waals surface area contributed by atoms with Gasteiger partial charge >= 0.3 is 0 Å². The van der Waals surface area contributed by atoms with Crippen molar-refractivity contribution in [3.8, 4) is 0 Å². The highest BCUT2D eigenvalue weighted by Gasteiger charge is 1.95. The molecule has 0 fully saturated rings. The van der Waals surface area contributed by atoms with Crippen LogP contribution in [0.4, 0.5) is 4.39 Å². The van der Waals surface area contributed by atoms with E-state index in [1.54, 1.807) is 0 Å². The van der Waals surface area contributed by atoms with Gasteiger partial charge in [0, 0.05) is 0 Å². The Balaban J connectivity index is 3.13. The predicted octanol–water partition coefficient (Wildman–Crippen LogP) is 1.07. The van der Waals surface area contributed by atoms with Gasteiger partial charge in [-0.15, -0.1) is 0 Å². The SMILES string of the molecule is Fc1ncn[c]c1Cl. The Labute approximate surface area is 50.3 Å². The molecule has 0 atom stereocenters. The Kier molecular flexibility index (Phi) is 1.39. The van der Waals surface area contributed by atoms with Crippen LogP contribution >= 0.6 is 11.6 Å². The first-order valence-electron chi connectivity index (χ1n) is 1.84. The molecule has 41 valence electrons. The van der Waals surface area contributed by atoms with Crippen LogP contribution < -0.4 is 0 Å². The minimum Gasteiger partial charge on any atom is -0.233 e. The topological polar surface area (TPSA) is 25.8 Å². The van der Waals surface area contributed by atoms with E-state index in [1.165, 1.54) is 0 Å². The van der Waals surface area contributed by atoms with Gasteiger partial charge < -0.3 is 0 Å². The molecule has 1 aromatic rings. The van der Waals surface area contributed by atoms with E-state index in [2.05, 4.69) is 16.2 Å². The molecule has 4 heteroatoms. The number of hydrogen-bond donors (Lipinski definition) is 0. The summed E-state index contributed by atoms with van der Waals surface area (Å²) in [5, 5.41) is -0.174. The summed E-state index contributed by atoms with van der Waals surface area (Å²) < 4.78 is 12.0. The fourth-order valence-corrected chi connectivity index (χ4v) is 0.365. The number of halogens is 2. The van der Waals surface area contributed by atoms with E-state index in [4.69, 9.17) is 11.6 Å². The standard InChI is InChI=1S/C4HClFN2/c5-3-1-7-2-8-4(3)6/h2H. The number of rotatable bonds is 0. The quantitative estimate of drug-likeness (QED) is 0.492. The van der Waals surface area contributed by atoms with Crippen molar-refractivity contribution in [2.45, 2.75) is 0 Å². The minimum atomic E-state index is -0.735. The first kappa shape index (κ1) is 5.44. The lowest BCUT2D eigenvalue weighted by Crippen LogP contribution is -1.83. The van der Waals surface area contributed by atoms with Crippen molar-refractivity contribution in [3.05, 3.63) is 23.5 Å². The average Bonchev–Trinajstić information content (AvgIpc) is 1.77. The Hall–Kier alpha value is -0.700. The van der Waals surface area contributed by atoms with Crippen molar-refractivity contribution in [2.24, 2.45) is 0 Å². The highest BCUT2D eigenvalue weighted by atomic mass is 35.5. The zero-order chi connectivity index (χ0) is 5.98. The molecule has 0 N–H and O–H groups in total. The second kappa shape index (κ2) is 2.05. The van der Waals surface area contributed by atoms with Gasteiger partial charge in [-0.05, 0) is 0 Å². The van der Waals surface area contributed by atoms with Gasteiger partial charge in [0.2, 0.25) is 5.95 Å². The summed E-state index contributed by atoms with van der Waals surface area (Å²) in [6.07, 6.45) is 3.22. The fourth-order valence-electron chi connectivity index (χ4n) is 0.268. The van der Waals surface area contributed by atoms with Gasteiger partial charge in [0.25, 0.3) is 0 Å². The zero-order valence-corrected chi connectivity index (χ0v) is 4.48. The van der Waals surface area contributed by atoms with Gasteiger partial charge in [-0.25, -0.2) is 9.97 Å². The van der Waals surface area contributed by atoms with Crippen molar-refractivity contribution >= 4 is 11.6 Å². The van der Waals surface area contributed by atoms with E-state index < -0.39 is 5.95 Å². The Morgan fingerprint density at radius 3 is 2.88 bits per heavy atom. The van der Waals surface area contributed by atoms with Crippen molar-refractivity contribution in [1.82, 2.24) is 9.97 Å². The molecule has 1 heterocycles. The van der Waals surface area contributed by atoms with Gasteiger partial charge in [0.15, 0.2) is 0 Å². The molecule has 0 unspecified atom stereocenters. The van der Waals surface area contributed by atoms with Crippen LogP contribution in [-0.4, -0.2) is 9.97 Å². The predicted molar refractivity (Wildman–Crippen MR) is 25.8 cm³/mol. The molecule has 0 aliphatic rings. The summed E-state index contributed by atoms with van der Waals surface area (Å²) in [6.45, 7) is 0. The molecule has 1 aromatic heterocycles. The van der Waals surface area contributed by atoms with Crippen molar-refractivity contribution in [3.63, 3.8) is 0 Å². The van der Waals surface area contributed by atoms with Crippen LogP contribution in [0, 0.1) is 12.1 Å². The van der Waals surface area contributed by atoms with Crippen molar-refractivity contribution in [1.29, 1.82) is 0 Å². The molecule has 0 amide bonds. The van der Waals surface area contributed by atoms with Crippen molar-refractivity contribution < 1.29 is 4.39 Å². The minimum absolute atomic E-state index is 0.174. The molecule has 1 rings (SSSR count). The molecule has 0 aromatic carbocycles. The molecule has 1 radical (unpaired) electrons. The van der Waals surface area contributed by atoms with Crippen LogP contribution in [0.2, 0.25) is 5.02 Å². The van der Waals surface area contributed by atoms with E-state index in [1.807, 2.05) is 0 Å². The van der Waals surface area contributed by atoms with Crippen LogP contribution in [0.25, 0.3) is 0 Å². The van der Waals surface area contributed by atoms with E-state index in [0.717, 1.165) is 6.33 Å². The van der Waals surface area contributed by atoms with E-state index in [-0.39, 0.29) is 5.02 Å². The highest BCUT2D eigenvalue weighted by Crippen LogP contribution is 2.05. The third kappa shape index (κ3) is 0.924. The first-order valence-corrected chi connectivity index (χ1v) is 2.22. The zero-order valence-electron chi connectivity index (χ0n) is 3.73. The smallest absolute Gasteiger partial charge is 0.233 e. The fraction of sp³-hybridized carbons (Fsp3) is 0. The third-order valence-corrected chi connectivity index (χ3v) is 0.813. The van der Waals surface area contributed by atoms with Gasteiger partial charge in [-0.1, -0.05) is 11.6 Å². The summed E-state index contributed by atoms with van der Waals surface area (Å²) in [6, 6.07) is 0. The molecular formula is C4HClFN2. The maximum absolute atomic E-state index is 12.0. The lowest BCUT2D eigenvalue weighted by molar-refractivity contribution is 0.579. The summed E-state index contributed by atoms with van der Waals surface area (Å²) in [7, 11) is 0. The van der Waals surface area contributed by atoms with Crippen LogP contribution in [0.5, 0.6) is 0 Å². The van der Waals surface area contributed by atoms with Crippen LogP contribution in [0.15, 0.2) is 6.33 Å². The van der Waals surface area contributed by atoms with E-state index in [9.17, 15) is 4.39 Å². The maximum Gasteiger partial charge on any atom is 0.235 e.